The van der Waals surface area contributed by atoms with Gasteiger partial charge in [0.2, 0.25) is 0 Å². The van der Waals surface area contributed by atoms with Crippen LogP contribution in [0.25, 0.3) is 0 Å². The van der Waals surface area contributed by atoms with Gasteiger partial charge in [-0.2, -0.15) is 0 Å². The van der Waals surface area contributed by atoms with Gasteiger partial charge in [0.05, 0.1) is 0 Å². The Bertz CT molecular complexity index is 235. The highest BCUT2D eigenvalue weighted by molar-refractivity contribution is 7.79. The van der Waals surface area contributed by atoms with Gasteiger partial charge in [-0.1, -0.05) is 13.8 Å². The third-order valence-electron chi connectivity index (χ3n) is 2.62. The van der Waals surface area contributed by atoms with E-state index in [4.69, 9.17) is 28.2 Å². The third-order valence-corrected chi connectivity index (χ3v) is 2.82. The number of rotatable bonds is 5. The Kier molecular flexibility index (Phi) is 3.59. The summed E-state index contributed by atoms with van der Waals surface area (Å²) in [6, 6.07) is 0. The van der Waals surface area contributed by atoms with Crippen LogP contribution < -0.4 is 0 Å². The SMILES string of the molecule is [2H][C@@H](C)[C@@]1(CC[C@@H](C)CO)COC(=S)O1. The van der Waals surface area contributed by atoms with Crippen molar-refractivity contribution in [2.45, 2.75) is 38.7 Å². The normalized spacial score (nSPS) is 31.6. The highest BCUT2D eigenvalue weighted by Gasteiger charge is 2.38. The molecule has 1 heterocycles. The summed E-state index contributed by atoms with van der Waals surface area (Å²) in [5.41, 5.74) is -0.611. The van der Waals surface area contributed by atoms with E-state index in [9.17, 15) is 0 Å². The van der Waals surface area contributed by atoms with E-state index in [1.54, 1.807) is 6.92 Å². The Morgan fingerprint density at radius 2 is 2.50 bits per heavy atom. The molecule has 0 aliphatic carbocycles. The lowest BCUT2D eigenvalue weighted by molar-refractivity contribution is 0.0628. The van der Waals surface area contributed by atoms with Gasteiger partial charge >= 0.3 is 5.24 Å². The van der Waals surface area contributed by atoms with E-state index in [0.29, 0.717) is 13.0 Å². The fraction of sp³-hybridized carbons (Fsp3) is 0.900. The molecule has 0 bridgehead atoms. The third kappa shape index (κ3) is 2.82. The van der Waals surface area contributed by atoms with Gasteiger partial charge in [0, 0.05) is 20.2 Å². The van der Waals surface area contributed by atoms with Gasteiger partial charge in [0.15, 0.2) is 0 Å². The van der Waals surface area contributed by atoms with Gasteiger partial charge < -0.3 is 14.6 Å². The summed E-state index contributed by atoms with van der Waals surface area (Å²) in [5, 5.41) is 9.08. The zero-order valence-corrected chi connectivity index (χ0v) is 9.47. The van der Waals surface area contributed by atoms with Crippen LogP contribution in [0.2, 0.25) is 0 Å². The van der Waals surface area contributed by atoms with Crippen molar-refractivity contribution < 1.29 is 16.0 Å². The molecule has 4 heteroatoms. The van der Waals surface area contributed by atoms with Crippen molar-refractivity contribution in [2.75, 3.05) is 13.2 Å². The van der Waals surface area contributed by atoms with Crippen molar-refractivity contribution >= 4 is 17.5 Å². The second-order valence-corrected chi connectivity index (χ2v) is 4.15. The molecule has 1 fully saturated rings. The number of aliphatic hydroxyl groups excluding tert-OH is 1. The number of aliphatic hydroxyl groups is 1. The molecule has 0 radical (unpaired) electrons. The van der Waals surface area contributed by atoms with Crippen molar-refractivity contribution in [3.05, 3.63) is 0 Å². The first-order chi connectivity index (χ1) is 7.00. The lowest BCUT2D eigenvalue weighted by Gasteiger charge is -2.24. The Hall–Kier alpha value is -0.350. The van der Waals surface area contributed by atoms with Crippen molar-refractivity contribution in [3.63, 3.8) is 0 Å². The molecule has 0 aromatic heterocycles. The Morgan fingerprint density at radius 1 is 1.79 bits per heavy atom. The summed E-state index contributed by atoms with van der Waals surface area (Å²) in [6.07, 6.45) is 1.12. The summed E-state index contributed by atoms with van der Waals surface area (Å²) >= 11 is 4.82. The van der Waals surface area contributed by atoms with Crippen LogP contribution in [-0.4, -0.2) is 29.2 Å². The Balaban J connectivity index is 2.55. The van der Waals surface area contributed by atoms with Crippen LogP contribution in [0.1, 0.15) is 34.5 Å². The van der Waals surface area contributed by atoms with Crippen LogP contribution in [0.3, 0.4) is 0 Å². The molecule has 0 aromatic rings. The van der Waals surface area contributed by atoms with Crippen molar-refractivity contribution in [1.29, 1.82) is 0 Å². The van der Waals surface area contributed by atoms with E-state index in [2.05, 4.69) is 0 Å². The number of hydrogen-bond donors (Lipinski definition) is 1. The fourth-order valence-corrected chi connectivity index (χ4v) is 1.62. The van der Waals surface area contributed by atoms with Crippen LogP contribution in [0, 0.1) is 5.92 Å². The summed E-state index contributed by atoms with van der Waals surface area (Å²) in [5.74, 6) is 0.221. The second-order valence-electron chi connectivity index (χ2n) is 3.82. The lowest BCUT2D eigenvalue weighted by atomic mass is 9.91. The zero-order chi connectivity index (χ0) is 11.5. The topological polar surface area (TPSA) is 38.7 Å². The van der Waals surface area contributed by atoms with Crippen LogP contribution in [0.5, 0.6) is 0 Å². The van der Waals surface area contributed by atoms with Crippen LogP contribution in [-0.2, 0) is 9.47 Å². The number of hydrogen-bond acceptors (Lipinski definition) is 4. The molecular weight excluding hydrogens is 200 g/mol. The van der Waals surface area contributed by atoms with Crippen molar-refractivity contribution in [3.8, 4) is 0 Å². The monoisotopic (exact) mass is 219 g/mol. The minimum atomic E-state index is -0.611. The first-order valence-corrected chi connectivity index (χ1v) is 5.30. The van der Waals surface area contributed by atoms with Gasteiger partial charge in [-0.05, 0) is 25.2 Å². The lowest BCUT2D eigenvalue weighted by Crippen LogP contribution is -2.31. The quantitative estimate of drug-likeness (QED) is 0.717. The minimum absolute atomic E-state index is 0.144. The van der Waals surface area contributed by atoms with E-state index >= 15 is 0 Å². The molecule has 0 amide bonds. The highest BCUT2D eigenvalue weighted by atomic mass is 32.1. The van der Waals surface area contributed by atoms with Gasteiger partial charge in [0.1, 0.15) is 12.2 Å². The standard InChI is InChI=1S/C10H18O3S/c1-3-10(5-4-8(2)6-11)7-12-9(14)13-10/h8,11H,3-7H2,1-2H3/t8-,10-/m1/s1/i3D/t3-,8+,10+/m0. The predicted octanol–water partition coefficient (Wildman–Crippen LogP) is 1.88. The number of thiocarbonyl (C=S) groups is 1. The molecule has 0 saturated carbocycles. The Labute approximate surface area is 91.8 Å². The zero-order valence-electron chi connectivity index (χ0n) is 9.66. The Morgan fingerprint density at radius 3 is 2.93 bits per heavy atom. The maximum Gasteiger partial charge on any atom is 0.353 e. The molecule has 0 aromatic carbocycles. The van der Waals surface area contributed by atoms with Crippen LogP contribution >= 0.6 is 12.2 Å². The highest BCUT2D eigenvalue weighted by Crippen LogP contribution is 2.30. The van der Waals surface area contributed by atoms with Gasteiger partial charge in [-0.3, -0.25) is 0 Å². The first kappa shape index (κ1) is 10.2. The maximum absolute atomic E-state index is 8.94. The van der Waals surface area contributed by atoms with E-state index in [1.807, 2.05) is 6.92 Å². The molecule has 1 aliphatic rings. The van der Waals surface area contributed by atoms with E-state index in [1.165, 1.54) is 0 Å². The molecule has 1 N–H and O–H groups in total. The average molecular weight is 219 g/mol. The molecule has 3 nitrogen and oxygen atoms in total. The summed E-state index contributed by atoms with van der Waals surface area (Å²) in [6.45, 7) is 4.26. The minimum Gasteiger partial charge on any atom is -0.453 e. The molecule has 14 heavy (non-hydrogen) atoms. The van der Waals surface area contributed by atoms with Crippen LogP contribution in [0.4, 0.5) is 0 Å². The fourth-order valence-electron chi connectivity index (χ4n) is 1.40. The van der Waals surface area contributed by atoms with Gasteiger partial charge in [-0.25, -0.2) is 0 Å². The summed E-state index contributed by atoms with van der Waals surface area (Å²) in [7, 11) is 0. The summed E-state index contributed by atoms with van der Waals surface area (Å²) in [4.78, 5) is 0. The predicted molar refractivity (Wildman–Crippen MR) is 58.1 cm³/mol. The first-order valence-electron chi connectivity index (χ1n) is 5.47. The summed E-state index contributed by atoms with van der Waals surface area (Å²) < 4.78 is 18.4. The molecule has 0 unspecified atom stereocenters. The van der Waals surface area contributed by atoms with E-state index in [0.717, 1.165) is 6.42 Å². The largest absolute Gasteiger partial charge is 0.453 e. The van der Waals surface area contributed by atoms with Crippen molar-refractivity contribution in [1.82, 2.24) is 0 Å². The molecule has 1 rings (SSSR count). The van der Waals surface area contributed by atoms with E-state index < -0.39 is 5.60 Å². The molecule has 82 valence electrons. The molecule has 0 spiro atoms. The molecule has 3 atom stereocenters. The van der Waals surface area contributed by atoms with Crippen molar-refractivity contribution in [2.24, 2.45) is 5.92 Å². The molecule has 1 saturated heterocycles. The molecular formula is C10H18O3S. The maximum atomic E-state index is 8.94. The van der Waals surface area contributed by atoms with Gasteiger partial charge in [-0.15, -0.1) is 0 Å². The molecule has 1 aliphatic heterocycles. The smallest absolute Gasteiger partial charge is 0.353 e. The van der Waals surface area contributed by atoms with Crippen LogP contribution in [0.15, 0.2) is 0 Å². The number of ether oxygens (including phenoxy) is 2. The second kappa shape index (κ2) is 4.94. The van der Waals surface area contributed by atoms with E-state index in [-0.39, 0.29) is 24.2 Å². The van der Waals surface area contributed by atoms with Gasteiger partial charge in [0.25, 0.3) is 0 Å². The average Bonchev–Trinajstić information content (AvgIpc) is 2.58.